The summed E-state index contributed by atoms with van der Waals surface area (Å²) in [6.45, 7) is 9.06. The van der Waals surface area contributed by atoms with Crippen LogP contribution < -0.4 is 9.62 Å². The summed E-state index contributed by atoms with van der Waals surface area (Å²) < 4.78 is 29.6. The van der Waals surface area contributed by atoms with E-state index >= 15 is 0 Å². The molecule has 0 bridgehead atoms. The maximum atomic E-state index is 14.0. The van der Waals surface area contributed by atoms with Crippen LogP contribution >= 0.6 is 15.9 Å². The number of carbonyl (C=O) groups is 2. The van der Waals surface area contributed by atoms with Crippen LogP contribution in [-0.4, -0.2) is 43.8 Å². The molecule has 0 heterocycles. The summed E-state index contributed by atoms with van der Waals surface area (Å²) in [7, 11) is -4.09. The van der Waals surface area contributed by atoms with Crippen molar-refractivity contribution in [3.05, 3.63) is 94.0 Å². The number of carbonyl (C=O) groups excluding carboxylic acids is 2. The van der Waals surface area contributed by atoms with Gasteiger partial charge in [0.25, 0.3) is 10.0 Å². The molecule has 0 aromatic heterocycles. The zero-order valence-electron chi connectivity index (χ0n) is 23.0. The highest BCUT2D eigenvalue weighted by Crippen LogP contribution is 2.26. The molecule has 0 aliphatic rings. The smallest absolute Gasteiger partial charge is 0.264 e. The average Bonchev–Trinajstić information content (AvgIpc) is 2.91. The van der Waals surface area contributed by atoms with Crippen LogP contribution in [0.2, 0.25) is 0 Å². The number of nitrogens with one attached hydrogen (secondary N) is 1. The van der Waals surface area contributed by atoms with Crippen molar-refractivity contribution in [2.45, 2.75) is 64.6 Å². The van der Waals surface area contributed by atoms with Crippen molar-refractivity contribution in [1.82, 2.24) is 10.2 Å². The molecule has 0 aliphatic heterocycles. The molecule has 2 atom stereocenters. The lowest BCUT2D eigenvalue weighted by Crippen LogP contribution is -2.52. The first-order valence-electron chi connectivity index (χ1n) is 12.9. The van der Waals surface area contributed by atoms with E-state index in [4.69, 9.17) is 0 Å². The number of amides is 2. The van der Waals surface area contributed by atoms with E-state index in [1.807, 2.05) is 52.0 Å². The van der Waals surface area contributed by atoms with E-state index in [1.54, 1.807) is 43.3 Å². The maximum absolute atomic E-state index is 14.0. The first-order chi connectivity index (χ1) is 18.4. The van der Waals surface area contributed by atoms with E-state index < -0.39 is 28.5 Å². The van der Waals surface area contributed by atoms with Gasteiger partial charge < -0.3 is 10.2 Å². The molecule has 0 radical (unpaired) electrons. The minimum absolute atomic E-state index is 0.0588. The van der Waals surface area contributed by atoms with E-state index in [0.29, 0.717) is 5.69 Å². The van der Waals surface area contributed by atoms with Gasteiger partial charge in [0, 0.05) is 17.1 Å². The molecule has 0 fully saturated rings. The second kappa shape index (κ2) is 13.3. The second-order valence-corrected chi connectivity index (χ2v) is 12.5. The van der Waals surface area contributed by atoms with Crippen LogP contribution in [-0.2, 0) is 26.2 Å². The summed E-state index contributed by atoms with van der Waals surface area (Å²) in [5.74, 6) is -0.772. The van der Waals surface area contributed by atoms with Crippen molar-refractivity contribution in [2.75, 3.05) is 10.8 Å². The molecular weight excluding hydrogens is 578 g/mol. The maximum Gasteiger partial charge on any atom is 0.264 e. The highest BCUT2D eigenvalue weighted by molar-refractivity contribution is 9.10. The minimum Gasteiger partial charge on any atom is -0.352 e. The molecule has 0 spiro atoms. The fourth-order valence-electron chi connectivity index (χ4n) is 3.99. The Morgan fingerprint density at radius 2 is 1.54 bits per heavy atom. The van der Waals surface area contributed by atoms with Crippen LogP contribution in [0.5, 0.6) is 0 Å². The lowest BCUT2D eigenvalue weighted by atomic mass is 10.1. The number of aryl methyl sites for hydroxylation is 2. The molecule has 7 nitrogen and oxygen atoms in total. The summed E-state index contributed by atoms with van der Waals surface area (Å²) in [6.07, 6.45) is 0.746. The van der Waals surface area contributed by atoms with Crippen LogP contribution in [0.3, 0.4) is 0 Å². The zero-order chi connectivity index (χ0) is 28.7. The van der Waals surface area contributed by atoms with Gasteiger partial charge in [0.05, 0.1) is 10.6 Å². The number of anilines is 1. The van der Waals surface area contributed by atoms with Crippen LogP contribution in [0, 0.1) is 13.8 Å². The molecule has 0 saturated carbocycles. The van der Waals surface area contributed by atoms with Gasteiger partial charge >= 0.3 is 0 Å². The van der Waals surface area contributed by atoms with Crippen molar-refractivity contribution in [1.29, 1.82) is 0 Å². The number of hydrogen-bond donors (Lipinski definition) is 1. The molecule has 9 heteroatoms. The third kappa shape index (κ3) is 7.70. The number of nitrogens with zero attached hydrogens (tertiary/aromatic N) is 2. The van der Waals surface area contributed by atoms with E-state index in [9.17, 15) is 18.0 Å². The number of sulfonamides is 1. The van der Waals surface area contributed by atoms with Crippen LogP contribution in [0.1, 0.15) is 43.9 Å². The molecule has 0 unspecified atom stereocenters. The highest BCUT2D eigenvalue weighted by atomic mass is 79.9. The molecular formula is C30H36BrN3O4S. The largest absolute Gasteiger partial charge is 0.352 e. The van der Waals surface area contributed by atoms with Gasteiger partial charge in [-0.2, -0.15) is 0 Å². The van der Waals surface area contributed by atoms with Crippen molar-refractivity contribution in [2.24, 2.45) is 0 Å². The molecule has 1 N–H and O–H groups in total. The first-order valence-corrected chi connectivity index (χ1v) is 15.2. The summed E-state index contributed by atoms with van der Waals surface area (Å²) in [5.41, 5.74) is 3.12. The summed E-state index contributed by atoms with van der Waals surface area (Å²) in [5, 5.41) is 2.95. The molecule has 208 valence electrons. The number of halogens is 1. The highest BCUT2D eigenvalue weighted by Gasteiger charge is 2.33. The summed E-state index contributed by atoms with van der Waals surface area (Å²) in [6, 6.07) is 20.0. The number of benzene rings is 3. The monoisotopic (exact) mass is 613 g/mol. The van der Waals surface area contributed by atoms with Gasteiger partial charge in [0.2, 0.25) is 11.8 Å². The summed E-state index contributed by atoms with van der Waals surface area (Å²) >= 11 is 3.39. The Kier molecular flexibility index (Phi) is 10.3. The second-order valence-electron chi connectivity index (χ2n) is 9.74. The van der Waals surface area contributed by atoms with Gasteiger partial charge in [0.15, 0.2) is 0 Å². The van der Waals surface area contributed by atoms with Crippen LogP contribution in [0.25, 0.3) is 0 Å². The van der Waals surface area contributed by atoms with Crippen molar-refractivity contribution in [3.8, 4) is 0 Å². The number of rotatable bonds is 11. The van der Waals surface area contributed by atoms with E-state index in [-0.39, 0.29) is 23.4 Å². The lowest BCUT2D eigenvalue weighted by Gasteiger charge is -2.32. The molecule has 0 aliphatic carbocycles. The fourth-order valence-corrected chi connectivity index (χ4v) is 5.67. The quantitative estimate of drug-likeness (QED) is 0.305. The predicted molar refractivity (Wildman–Crippen MR) is 159 cm³/mol. The van der Waals surface area contributed by atoms with Gasteiger partial charge in [0.1, 0.15) is 12.6 Å². The Balaban J connectivity index is 2.03. The molecule has 3 rings (SSSR count). The lowest BCUT2D eigenvalue weighted by molar-refractivity contribution is -0.139. The number of hydrogen-bond acceptors (Lipinski definition) is 4. The van der Waals surface area contributed by atoms with E-state index in [2.05, 4.69) is 21.2 Å². The summed E-state index contributed by atoms with van der Waals surface area (Å²) in [4.78, 5) is 28.6. The fraction of sp³-hybridized carbons (Fsp3) is 0.333. The average molecular weight is 615 g/mol. The van der Waals surface area contributed by atoms with Crippen LogP contribution in [0.4, 0.5) is 5.69 Å². The van der Waals surface area contributed by atoms with Crippen molar-refractivity contribution < 1.29 is 18.0 Å². The molecule has 2 amide bonds. The Hall–Kier alpha value is -3.17. The van der Waals surface area contributed by atoms with Gasteiger partial charge in [-0.15, -0.1) is 0 Å². The van der Waals surface area contributed by atoms with Gasteiger partial charge in [-0.05, 0) is 81.6 Å². The van der Waals surface area contributed by atoms with Gasteiger partial charge in [-0.25, -0.2) is 8.42 Å². The molecule has 3 aromatic carbocycles. The topological polar surface area (TPSA) is 86.8 Å². The van der Waals surface area contributed by atoms with Gasteiger partial charge in [-0.3, -0.25) is 13.9 Å². The van der Waals surface area contributed by atoms with Crippen molar-refractivity contribution >= 4 is 43.5 Å². The third-order valence-corrected chi connectivity index (χ3v) is 9.09. The van der Waals surface area contributed by atoms with Crippen molar-refractivity contribution in [3.63, 3.8) is 0 Å². The predicted octanol–water partition coefficient (Wildman–Crippen LogP) is 5.59. The Labute approximate surface area is 240 Å². The normalized spacial score (nSPS) is 12.9. The SMILES string of the molecule is CC[C@H](C)NC(=O)[C@@H](C)N(Cc1ccccc1C)C(=O)CN(c1ccc(Br)cc1)S(=O)(=O)c1ccc(C)cc1. The molecule has 39 heavy (non-hydrogen) atoms. The Bertz CT molecular complexity index is 1390. The first kappa shape index (κ1) is 30.4. The molecule has 0 saturated heterocycles. The van der Waals surface area contributed by atoms with Gasteiger partial charge in [-0.1, -0.05) is 64.8 Å². The Morgan fingerprint density at radius 1 is 0.923 bits per heavy atom. The third-order valence-electron chi connectivity index (χ3n) is 6.77. The minimum atomic E-state index is -4.09. The standard InChI is InChI=1S/C30H36BrN3O4S/c1-6-23(4)32-30(36)24(5)33(19-25-10-8-7-9-22(25)3)29(35)20-34(27-15-13-26(31)14-16-27)39(37,38)28-17-11-21(2)12-18-28/h7-18,23-24H,6,19-20H2,1-5H3,(H,32,36)/t23-,24+/m0/s1. The van der Waals surface area contributed by atoms with E-state index in [0.717, 1.165) is 31.9 Å². The Morgan fingerprint density at radius 3 is 2.13 bits per heavy atom. The van der Waals surface area contributed by atoms with E-state index in [1.165, 1.54) is 17.0 Å². The van der Waals surface area contributed by atoms with Crippen LogP contribution in [0.15, 0.2) is 82.2 Å². The zero-order valence-corrected chi connectivity index (χ0v) is 25.4. The molecule has 3 aromatic rings.